The van der Waals surface area contributed by atoms with Crippen molar-refractivity contribution in [2.45, 2.75) is 13.2 Å². The first kappa shape index (κ1) is 20.2. The van der Waals surface area contributed by atoms with Gasteiger partial charge in [0.05, 0.1) is 15.2 Å². The van der Waals surface area contributed by atoms with E-state index in [9.17, 15) is 4.39 Å². The molecule has 0 saturated carbocycles. The molecule has 1 aliphatic heterocycles. The minimum atomic E-state index is -0.453. The molecule has 1 aliphatic rings. The summed E-state index contributed by atoms with van der Waals surface area (Å²) >= 11 is 9.24. The first-order valence-electron chi connectivity index (χ1n) is 8.45. The molecule has 0 aliphatic carbocycles. The van der Waals surface area contributed by atoms with Gasteiger partial charge >= 0.3 is 0 Å². The Hall–Kier alpha value is -2.50. The predicted octanol–water partition coefficient (Wildman–Crippen LogP) is 6.33. The highest BCUT2D eigenvalue weighted by atomic mass is 79.9. The highest BCUT2D eigenvalue weighted by Gasteiger charge is 2.23. The molecule has 3 nitrogen and oxygen atoms in total. The van der Waals surface area contributed by atoms with Gasteiger partial charge in [0.1, 0.15) is 18.7 Å². The van der Waals surface area contributed by atoms with E-state index >= 15 is 0 Å². The summed E-state index contributed by atoms with van der Waals surface area (Å²) in [5, 5.41) is 3.23. The van der Waals surface area contributed by atoms with Gasteiger partial charge < -0.3 is 14.8 Å². The van der Waals surface area contributed by atoms with Crippen LogP contribution < -0.4 is 5.32 Å². The predicted molar refractivity (Wildman–Crippen MR) is 113 cm³/mol. The van der Waals surface area contributed by atoms with E-state index in [0.29, 0.717) is 40.4 Å². The summed E-state index contributed by atoms with van der Waals surface area (Å²) < 4.78 is 25.7. The van der Waals surface area contributed by atoms with E-state index in [1.165, 1.54) is 12.3 Å². The molecule has 0 saturated heterocycles. The van der Waals surface area contributed by atoms with Gasteiger partial charge in [-0.1, -0.05) is 61.2 Å². The Morgan fingerprint density at radius 1 is 1.18 bits per heavy atom. The topological polar surface area (TPSA) is 30.5 Å². The maximum absolute atomic E-state index is 13.3. The van der Waals surface area contributed by atoms with E-state index in [4.69, 9.17) is 21.1 Å². The highest BCUT2D eigenvalue weighted by Crippen LogP contribution is 2.34. The molecule has 0 amide bonds. The highest BCUT2D eigenvalue weighted by molar-refractivity contribution is 9.12. The second kappa shape index (κ2) is 9.13. The van der Waals surface area contributed by atoms with Crippen molar-refractivity contribution in [1.29, 1.82) is 0 Å². The second-order valence-corrected chi connectivity index (χ2v) is 7.34. The Morgan fingerprint density at radius 3 is 2.64 bits per heavy atom. The molecule has 1 heterocycles. The van der Waals surface area contributed by atoms with E-state index in [1.54, 1.807) is 12.1 Å². The number of allylic oxidation sites excluding steroid dienone is 1. The Kier molecular flexibility index (Phi) is 6.60. The van der Waals surface area contributed by atoms with Crippen molar-refractivity contribution in [1.82, 2.24) is 5.32 Å². The molecule has 2 aromatic rings. The molecule has 0 radical (unpaired) electrons. The molecule has 144 valence electrons. The Bertz CT molecular complexity index is 970. The first-order chi connectivity index (χ1) is 13.5. The van der Waals surface area contributed by atoms with Gasteiger partial charge in [0.2, 0.25) is 0 Å². The summed E-state index contributed by atoms with van der Waals surface area (Å²) in [5.41, 5.74) is 3.00. The maximum Gasteiger partial charge on any atom is 0.191 e. The van der Waals surface area contributed by atoms with Crippen LogP contribution >= 0.6 is 27.5 Å². The number of benzene rings is 2. The molecule has 0 spiro atoms. The Balaban J connectivity index is 1.74. The number of hydrogen-bond donors (Lipinski definition) is 1. The van der Waals surface area contributed by atoms with Crippen LogP contribution in [0.15, 0.2) is 95.2 Å². The van der Waals surface area contributed by atoms with Crippen LogP contribution in [0.4, 0.5) is 4.39 Å². The minimum Gasteiger partial charge on any atom is -0.484 e. The number of ether oxygens (including phenoxy) is 2. The third-order valence-electron chi connectivity index (χ3n) is 4.04. The van der Waals surface area contributed by atoms with E-state index in [1.807, 2.05) is 30.3 Å². The first-order valence-corrected chi connectivity index (χ1v) is 9.63. The van der Waals surface area contributed by atoms with Crippen molar-refractivity contribution in [2.75, 3.05) is 0 Å². The average molecular weight is 463 g/mol. The van der Waals surface area contributed by atoms with Crippen molar-refractivity contribution >= 4 is 27.5 Å². The number of nitrogens with one attached hydrogen (secondary N) is 1. The molecule has 0 aromatic heterocycles. The zero-order valence-electron chi connectivity index (χ0n) is 15.0. The van der Waals surface area contributed by atoms with Gasteiger partial charge in [0.25, 0.3) is 0 Å². The van der Waals surface area contributed by atoms with Crippen LogP contribution in [-0.4, -0.2) is 0 Å². The van der Waals surface area contributed by atoms with Crippen LogP contribution in [0.5, 0.6) is 0 Å². The molecular formula is C22H18BrClFNO2. The SMILES string of the molecule is C=C(NCc1ccc(F)c(Cl)c1)C1=C(OCc2ccccc2)C(=C)C(Br)=CO1. The quantitative estimate of drug-likeness (QED) is 0.521. The van der Waals surface area contributed by atoms with Gasteiger partial charge in [-0.25, -0.2) is 4.39 Å². The van der Waals surface area contributed by atoms with Crippen LogP contribution in [0.1, 0.15) is 11.1 Å². The lowest BCUT2D eigenvalue weighted by Crippen LogP contribution is -2.18. The van der Waals surface area contributed by atoms with Crippen molar-refractivity contribution in [3.63, 3.8) is 0 Å². The number of halogens is 3. The van der Waals surface area contributed by atoms with Crippen molar-refractivity contribution in [3.05, 3.63) is 117 Å². The lowest BCUT2D eigenvalue weighted by molar-refractivity contribution is 0.180. The van der Waals surface area contributed by atoms with Gasteiger partial charge in [0, 0.05) is 12.1 Å². The normalized spacial score (nSPS) is 13.7. The smallest absolute Gasteiger partial charge is 0.191 e. The van der Waals surface area contributed by atoms with Gasteiger partial charge in [-0.2, -0.15) is 0 Å². The van der Waals surface area contributed by atoms with Gasteiger partial charge in [-0.3, -0.25) is 0 Å². The van der Waals surface area contributed by atoms with E-state index in [0.717, 1.165) is 11.1 Å². The van der Waals surface area contributed by atoms with Gasteiger partial charge in [-0.15, -0.1) is 0 Å². The largest absolute Gasteiger partial charge is 0.484 e. The summed E-state index contributed by atoms with van der Waals surface area (Å²) in [6.07, 6.45) is 1.54. The third kappa shape index (κ3) is 4.86. The standard InChI is InChI=1S/C22H18BrClFNO2/c1-14-18(23)13-28-22(21(14)27-12-16-6-4-3-5-7-16)15(2)26-11-17-8-9-20(25)19(24)10-17/h3-10,13,26H,1-2,11-12H2. The molecular weight excluding hydrogens is 445 g/mol. The lowest BCUT2D eigenvalue weighted by Gasteiger charge is -2.23. The van der Waals surface area contributed by atoms with Crippen molar-refractivity contribution in [2.24, 2.45) is 0 Å². The minimum absolute atomic E-state index is 0.0742. The van der Waals surface area contributed by atoms with Crippen LogP contribution in [0.2, 0.25) is 5.02 Å². The lowest BCUT2D eigenvalue weighted by atomic mass is 10.1. The monoisotopic (exact) mass is 461 g/mol. The molecule has 6 heteroatoms. The average Bonchev–Trinajstić information content (AvgIpc) is 2.70. The van der Waals surface area contributed by atoms with E-state index in [2.05, 4.69) is 34.4 Å². The molecule has 3 rings (SSSR count). The Labute approximate surface area is 176 Å². The van der Waals surface area contributed by atoms with E-state index < -0.39 is 5.82 Å². The van der Waals surface area contributed by atoms with Crippen LogP contribution in [-0.2, 0) is 22.6 Å². The fraction of sp³-hybridized carbons (Fsp3) is 0.0909. The molecule has 28 heavy (non-hydrogen) atoms. The molecule has 1 N–H and O–H groups in total. The zero-order valence-corrected chi connectivity index (χ0v) is 17.3. The number of hydrogen-bond acceptors (Lipinski definition) is 3. The Morgan fingerprint density at radius 2 is 1.93 bits per heavy atom. The molecule has 0 atom stereocenters. The third-order valence-corrected chi connectivity index (χ3v) is 4.99. The summed E-state index contributed by atoms with van der Waals surface area (Å²) in [5.74, 6) is 0.482. The fourth-order valence-electron chi connectivity index (χ4n) is 2.51. The maximum atomic E-state index is 13.3. The summed E-state index contributed by atoms with van der Waals surface area (Å²) in [6.45, 7) is 8.85. The molecule has 0 bridgehead atoms. The fourth-order valence-corrected chi connectivity index (χ4v) is 2.99. The summed E-state index contributed by atoms with van der Waals surface area (Å²) in [4.78, 5) is 0. The van der Waals surface area contributed by atoms with Crippen molar-refractivity contribution in [3.8, 4) is 0 Å². The molecule has 0 unspecified atom stereocenters. The molecule has 2 aromatic carbocycles. The zero-order chi connectivity index (χ0) is 20.1. The second-order valence-electron chi connectivity index (χ2n) is 6.08. The van der Waals surface area contributed by atoms with Crippen molar-refractivity contribution < 1.29 is 13.9 Å². The molecule has 0 fully saturated rings. The van der Waals surface area contributed by atoms with E-state index in [-0.39, 0.29) is 5.02 Å². The van der Waals surface area contributed by atoms with Gasteiger partial charge in [0.15, 0.2) is 11.5 Å². The number of rotatable bonds is 7. The van der Waals surface area contributed by atoms with Crippen LogP contribution in [0.25, 0.3) is 0 Å². The van der Waals surface area contributed by atoms with Gasteiger partial charge in [-0.05, 0) is 39.2 Å². The summed E-state index contributed by atoms with van der Waals surface area (Å²) in [7, 11) is 0. The van der Waals surface area contributed by atoms with Crippen LogP contribution in [0, 0.1) is 5.82 Å². The van der Waals surface area contributed by atoms with Crippen LogP contribution in [0.3, 0.4) is 0 Å². The summed E-state index contributed by atoms with van der Waals surface area (Å²) in [6, 6.07) is 14.3.